The third-order valence-electron chi connectivity index (χ3n) is 1.71. The van der Waals surface area contributed by atoms with Gasteiger partial charge in [0.25, 0.3) is 0 Å². The molecule has 1 unspecified atom stereocenters. The van der Waals surface area contributed by atoms with Crippen molar-refractivity contribution >= 4 is 11.8 Å². The van der Waals surface area contributed by atoms with E-state index in [0.29, 0.717) is 5.94 Å². The van der Waals surface area contributed by atoms with E-state index in [4.69, 9.17) is 4.74 Å². The molecule has 1 rings (SSSR count). The predicted octanol–water partition coefficient (Wildman–Crippen LogP) is 2.44. The maximum atomic E-state index is 9.26. The predicted molar refractivity (Wildman–Crippen MR) is 54.8 cm³/mol. The van der Waals surface area contributed by atoms with Crippen LogP contribution in [-0.4, -0.2) is 18.2 Å². The van der Waals surface area contributed by atoms with E-state index in [1.165, 1.54) is 0 Å². The van der Waals surface area contributed by atoms with Gasteiger partial charge in [-0.25, -0.2) is 0 Å². The van der Waals surface area contributed by atoms with Crippen molar-refractivity contribution in [2.24, 2.45) is 0 Å². The number of aliphatic hydroxyl groups excluding tert-OH is 1. The highest BCUT2D eigenvalue weighted by Crippen LogP contribution is 2.20. The van der Waals surface area contributed by atoms with E-state index in [1.54, 1.807) is 25.8 Å². The maximum absolute atomic E-state index is 9.26. The molecular formula is C10H14O2S. The standard InChI is InChI=1S/C10H14O2S/c1-8(11)9-3-5-10(6-4-9)13-7-12-2/h3-6,8,11H,7H2,1-2H3. The Morgan fingerprint density at radius 3 is 2.46 bits per heavy atom. The van der Waals surface area contributed by atoms with Gasteiger partial charge in [-0.05, 0) is 24.6 Å². The highest BCUT2D eigenvalue weighted by molar-refractivity contribution is 7.99. The Labute approximate surface area is 82.9 Å². The van der Waals surface area contributed by atoms with Crippen molar-refractivity contribution in [3.8, 4) is 0 Å². The van der Waals surface area contributed by atoms with Gasteiger partial charge in [0.15, 0.2) is 0 Å². The van der Waals surface area contributed by atoms with Crippen molar-refractivity contribution in [3.63, 3.8) is 0 Å². The highest BCUT2D eigenvalue weighted by Gasteiger charge is 1.99. The summed E-state index contributed by atoms with van der Waals surface area (Å²) in [5.41, 5.74) is 0.946. The van der Waals surface area contributed by atoms with Crippen LogP contribution in [0.5, 0.6) is 0 Å². The minimum atomic E-state index is -0.388. The normalized spacial score (nSPS) is 12.8. The molecule has 1 aromatic rings. The molecule has 0 amide bonds. The molecule has 1 atom stereocenters. The number of ether oxygens (including phenoxy) is 1. The molecule has 0 aromatic heterocycles. The monoisotopic (exact) mass is 198 g/mol. The Morgan fingerprint density at radius 1 is 1.38 bits per heavy atom. The van der Waals surface area contributed by atoms with Crippen LogP contribution < -0.4 is 0 Å². The summed E-state index contributed by atoms with van der Waals surface area (Å²) in [7, 11) is 1.68. The molecular weight excluding hydrogens is 184 g/mol. The van der Waals surface area contributed by atoms with E-state index >= 15 is 0 Å². The zero-order chi connectivity index (χ0) is 9.68. The van der Waals surface area contributed by atoms with Crippen molar-refractivity contribution < 1.29 is 9.84 Å². The molecule has 0 spiro atoms. The molecule has 1 aromatic carbocycles. The van der Waals surface area contributed by atoms with Gasteiger partial charge in [-0.3, -0.25) is 0 Å². The summed E-state index contributed by atoms with van der Waals surface area (Å²) in [5.74, 6) is 0.661. The smallest absolute Gasteiger partial charge is 0.0963 e. The van der Waals surface area contributed by atoms with Crippen LogP contribution in [0.15, 0.2) is 29.2 Å². The molecule has 13 heavy (non-hydrogen) atoms. The van der Waals surface area contributed by atoms with Gasteiger partial charge >= 0.3 is 0 Å². The van der Waals surface area contributed by atoms with Crippen LogP contribution in [0.25, 0.3) is 0 Å². The van der Waals surface area contributed by atoms with Crippen LogP contribution in [0.4, 0.5) is 0 Å². The highest BCUT2D eigenvalue weighted by atomic mass is 32.2. The largest absolute Gasteiger partial charge is 0.389 e. The Hall–Kier alpha value is -0.510. The Kier molecular flexibility index (Phi) is 4.28. The number of hydrogen-bond acceptors (Lipinski definition) is 3. The lowest BCUT2D eigenvalue weighted by Gasteiger charge is -2.05. The lowest BCUT2D eigenvalue weighted by Crippen LogP contribution is -1.90. The Balaban J connectivity index is 2.59. The first-order valence-corrected chi connectivity index (χ1v) is 5.12. The van der Waals surface area contributed by atoms with Crippen molar-refractivity contribution in [1.82, 2.24) is 0 Å². The lowest BCUT2D eigenvalue weighted by atomic mass is 10.1. The van der Waals surface area contributed by atoms with Gasteiger partial charge in [0.2, 0.25) is 0 Å². The van der Waals surface area contributed by atoms with Gasteiger partial charge in [0.05, 0.1) is 12.0 Å². The summed E-state index contributed by atoms with van der Waals surface area (Å²) in [6.45, 7) is 1.76. The van der Waals surface area contributed by atoms with Crippen LogP contribution in [-0.2, 0) is 4.74 Å². The summed E-state index contributed by atoms with van der Waals surface area (Å²) >= 11 is 1.64. The molecule has 0 fully saturated rings. The van der Waals surface area contributed by atoms with E-state index in [9.17, 15) is 5.11 Å². The van der Waals surface area contributed by atoms with Crippen LogP contribution in [0.1, 0.15) is 18.6 Å². The van der Waals surface area contributed by atoms with E-state index < -0.39 is 0 Å². The first-order chi connectivity index (χ1) is 6.24. The van der Waals surface area contributed by atoms with Crippen molar-refractivity contribution in [2.45, 2.75) is 17.9 Å². The quantitative estimate of drug-likeness (QED) is 0.595. The number of rotatable bonds is 4. The van der Waals surface area contributed by atoms with Gasteiger partial charge in [0, 0.05) is 12.0 Å². The van der Waals surface area contributed by atoms with E-state index in [2.05, 4.69) is 0 Å². The lowest BCUT2D eigenvalue weighted by molar-refractivity contribution is 0.199. The second kappa shape index (κ2) is 5.27. The molecule has 0 aliphatic carbocycles. The number of aliphatic hydroxyl groups is 1. The molecule has 0 aliphatic rings. The summed E-state index contributed by atoms with van der Waals surface area (Å²) in [4.78, 5) is 1.16. The second-order valence-corrected chi connectivity index (χ2v) is 3.79. The van der Waals surface area contributed by atoms with Crippen molar-refractivity contribution in [3.05, 3.63) is 29.8 Å². The average molecular weight is 198 g/mol. The van der Waals surface area contributed by atoms with Crippen molar-refractivity contribution in [1.29, 1.82) is 0 Å². The van der Waals surface area contributed by atoms with Gasteiger partial charge in [-0.2, -0.15) is 0 Å². The fourth-order valence-electron chi connectivity index (χ4n) is 0.970. The Bertz CT molecular complexity index is 244. The number of benzene rings is 1. The van der Waals surface area contributed by atoms with Gasteiger partial charge in [-0.1, -0.05) is 23.9 Å². The molecule has 0 aliphatic heterocycles. The minimum Gasteiger partial charge on any atom is -0.389 e. The third-order valence-corrected chi connectivity index (χ3v) is 2.66. The number of thioether (sulfide) groups is 1. The van der Waals surface area contributed by atoms with Crippen LogP contribution >= 0.6 is 11.8 Å². The Morgan fingerprint density at radius 2 is 2.00 bits per heavy atom. The van der Waals surface area contributed by atoms with Gasteiger partial charge in [0.1, 0.15) is 0 Å². The molecule has 0 bridgehead atoms. The van der Waals surface area contributed by atoms with Crippen molar-refractivity contribution in [2.75, 3.05) is 13.0 Å². The van der Waals surface area contributed by atoms with Crippen LogP contribution in [0.3, 0.4) is 0 Å². The van der Waals surface area contributed by atoms with E-state index in [1.807, 2.05) is 24.3 Å². The minimum absolute atomic E-state index is 0.388. The third kappa shape index (κ3) is 3.38. The fraction of sp³-hybridized carbons (Fsp3) is 0.400. The molecule has 0 saturated carbocycles. The fourth-order valence-corrected chi connectivity index (χ4v) is 1.55. The van der Waals surface area contributed by atoms with E-state index in [0.717, 1.165) is 10.5 Å². The summed E-state index contributed by atoms with van der Waals surface area (Å²) in [5, 5.41) is 9.26. The summed E-state index contributed by atoms with van der Waals surface area (Å²) < 4.78 is 4.94. The SMILES string of the molecule is COCSc1ccc(C(C)O)cc1. The summed E-state index contributed by atoms with van der Waals surface area (Å²) in [6, 6.07) is 7.85. The molecule has 1 N–H and O–H groups in total. The molecule has 0 saturated heterocycles. The van der Waals surface area contributed by atoms with Crippen LogP contribution in [0.2, 0.25) is 0 Å². The number of hydrogen-bond donors (Lipinski definition) is 1. The first kappa shape index (κ1) is 10.6. The number of methoxy groups -OCH3 is 1. The molecule has 0 radical (unpaired) electrons. The second-order valence-electron chi connectivity index (χ2n) is 2.80. The van der Waals surface area contributed by atoms with Gasteiger partial charge in [-0.15, -0.1) is 0 Å². The zero-order valence-electron chi connectivity index (χ0n) is 7.86. The van der Waals surface area contributed by atoms with E-state index in [-0.39, 0.29) is 6.10 Å². The molecule has 3 heteroatoms. The maximum Gasteiger partial charge on any atom is 0.0963 e. The first-order valence-electron chi connectivity index (χ1n) is 4.14. The zero-order valence-corrected chi connectivity index (χ0v) is 8.67. The molecule has 72 valence electrons. The summed E-state index contributed by atoms with van der Waals surface area (Å²) in [6.07, 6.45) is -0.388. The molecule has 0 heterocycles. The average Bonchev–Trinajstić information content (AvgIpc) is 2.15. The van der Waals surface area contributed by atoms with Gasteiger partial charge < -0.3 is 9.84 Å². The topological polar surface area (TPSA) is 29.5 Å². The molecule has 2 nitrogen and oxygen atoms in total. The van der Waals surface area contributed by atoms with Crippen LogP contribution in [0, 0.1) is 0 Å².